The first kappa shape index (κ1) is 18.8. The predicted molar refractivity (Wildman–Crippen MR) is 105 cm³/mol. The van der Waals surface area contributed by atoms with E-state index in [-0.39, 0.29) is 5.54 Å². The summed E-state index contributed by atoms with van der Waals surface area (Å²) in [7, 11) is 0. The highest BCUT2D eigenvalue weighted by atomic mass is 35.5. The van der Waals surface area contributed by atoms with Crippen molar-refractivity contribution in [2.45, 2.75) is 86.9 Å². The highest BCUT2D eigenvalue weighted by Crippen LogP contribution is 2.45. The quantitative estimate of drug-likeness (QED) is 0.721. The Hall–Kier alpha value is 0.440. The third kappa shape index (κ3) is 3.37. The van der Waals surface area contributed by atoms with Crippen LogP contribution in [0.1, 0.15) is 52.9 Å². The van der Waals surface area contributed by atoms with Crippen LogP contribution in [0.4, 0.5) is 0 Å². The molecule has 0 aromatic heterocycles. The van der Waals surface area contributed by atoms with Crippen LogP contribution in [-0.4, -0.2) is 68.5 Å². The lowest BCUT2D eigenvalue weighted by Gasteiger charge is -2.39. The van der Waals surface area contributed by atoms with Crippen LogP contribution >= 0.6 is 23.4 Å². The van der Waals surface area contributed by atoms with Gasteiger partial charge in [-0.15, -0.1) is 11.6 Å². The summed E-state index contributed by atoms with van der Waals surface area (Å²) in [5.74, 6) is 0.615. The Morgan fingerprint density at radius 1 is 1.32 bits per heavy atom. The van der Waals surface area contributed by atoms with Crippen molar-refractivity contribution < 1.29 is 5.73 Å². The monoisotopic (exact) mass is 388 g/mol. The van der Waals surface area contributed by atoms with E-state index in [0.29, 0.717) is 34.4 Å². The van der Waals surface area contributed by atoms with Crippen molar-refractivity contribution in [1.82, 2.24) is 20.2 Å². The fraction of sp³-hybridized carbons (Fsp3) is 1.00. The molecule has 0 aromatic rings. The summed E-state index contributed by atoms with van der Waals surface area (Å²) in [6.07, 6.45) is 6.31. The fourth-order valence-corrected chi connectivity index (χ4v) is 7.46. The van der Waals surface area contributed by atoms with E-state index in [2.05, 4.69) is 58.5 Å². The molecule has 5 nitrogen and oxygen atoms in total. The molecule has 0 spiro atoms. The molecule has 1 saturated carbocycles. The molecule has 1 aliphatic carbocycles. The zero-order valence-corrected chi connectivity index (χ0v) is 17.5. The number of hydrogen-bond acceptors (Lipinski definition) is 5. The van der Waals surface area contributed by atoms with Crippen LogP contribution in [0.5, 0.6) is 0 Å². The number of rotatable bonds is 3. The van der Waals surface area contributed by atoms with E-state index >= 15 is 0 Å². The van der Waals surface area contributed by atoms with Crippen LogP contribution in [0.15, 0.2) is 0 Å². The van der Waals surface area contributed by atoms with E-state index in [0.717, 1.165) is 13.1 Å². The number of likely N-dealkylation sites (tertiary alicyclic amines) is 1. The van der Waals surface area contributed by atoms with Crippen molar-refractivity contribution in [3.05, 3.63) is 0 Å². The number of halogens is 1. The topological polar surface area (TPSA) is 49.4 Å². The number of hydrazine groups is 1. The Labute approximate surface area is 161 Å². The summed E-state index contributed by atoms with van der Waals surface area (Å²) >= 11 is 8.80. The standard InChI is InChI=1S/C18H34ClN5S/c1-4-23-17(22-10-9-18(3,20)11-22)25-16-21-15(12(2)24(16)23)13-7-5-6-8-14(13)19/h12-17,21H,4-11,20H2,1-3H3/p+1. The molecule has 3 aliphatic heterocycles. The van der Waals surface area contributed by atoms with Crippen molar-refractivity contribution in [3.63, 3.8) is 0 Å². The molecular formula is C18H35ClN5S+. The van der Waals surface area contributed by atoms with Crippen LogP contribution in [0, 0.1) is 5.92 Å². The first-order chi connectivity index (χ1) is 11.9. The molecule has 4 fully saturated rings. The van der Waals surface area contributed by atoms with Crippen molar-refractivity contribution in [3.8, 4) is 0 Å². The highest BCUT2D eigenvalue weighted by molar-refractivity contribution is 8.00. The maximum Gasteiger partial charge on any atom is 0.127 e. The summed E-state index contributed by atoms with van der Waals surface area (Å²) in [6, 6.07) is 1.03. The van der Waals surface area contributed by atoms with E-state index in [1.807, 2.05) is 0 Å². The van der Waals surface area contributed by atoms with Gasteiger partial charge in [-0.3, -0.25) is 10.2 Å². The molecule has 0 radical (unpaired) electrons. The molecular weight excluding hydrogens is 354 g/mol. The van der Waals surface area contributed by atoms with E-state index in [4.69, 9.17) is 11.6 Å². The molecule has 25 heavy (non-hydrogen) atoms. The Morgan fingerprint density at radius 3 is 2.72 bits per heavy atom. The highest BCUT2D eigenvalue weighted by Gasteiger charge is 2.54. The molecule has 144 valence electrons. The molecule has 7 heteroatoms. The van der Waals surface area contributed by atoms with Crippen LogP contribution < -0.4 is 11.1 Å². The Bertz CT molecular complexity index is 492. The number of quaternary nitrogens is 1. The number of alkyl halides is 1. The normalized spacial score (nSPS) is 49.8. The van der Waals surface area contributed by atoms with Crippen molar-refractivity contribution in [2.75, 3.05) is 19.6 Å². The maximum atomic E-state index is 6.72. The van der Waals surface area contributed by atoms with Gasteiger partial charge in [0.05, 0.1) is 6.54 Å². The van der Waals surface area contributed by atoms with Gasteiger partial charge in [-0.05, 0) is 32.6 Å². The first-order valence-corrected chi connectivity index (χ1v) is 11.5. The summed E-state index contributed by atoms with van der Waals surface area (Å²) in [5.41, 5.74) is 5.46. The molecule has 4 N–H and O–H groups in total. The zero-order valence-electron chi connectivity index (χ0n) is 16.0. The van der Waals surface area contributed by atoms with Crippen LogP contribution in [0.25, 0.3) is 0 Å². The van der Waals surface area contributed by atoms with E-state index in [1.54, 1.807) is 0 Å². The van der Waals surface area contributed by atoms with Gasteiger partial charge in [0.2, 0.25) is 0 Å². The zero-order chi connectivity index (χ0) is 17.8. The largest absolute Gasteiger partial charge is 0.352 e. The second-order valence-corrected chi connectivity index (χ2v) is 10.6. The molecule has 4 aliphatic rings. The molecule has 0 aromatic carbocycles. The minimum absolute atomic E-state index is 0.211. The Morgan fingerprint density at radius 2 is 2.08 bits per heavy atom. The van der Waals surface area contributed by atoms with Gasteiger partial charge in [-0.2, -0.15) is 0 Å². The Balaban J connectivity index is 1.47. The van der Waals surface area contributed by atoms with Gasteiger partial charge in [0.25, 0.3) is 0 Å². The Kier molecular flexibility index (Phi) is 5.35. The number of fused-ring (bicyclic) bond motifs is 1. The third-order valence-corrected chi connectivity index (χ3v) is 8.67. The van der Waals surface area contributed by atoms with Crippen molar-refractivity contribution in [2.24, 2.45) is 5.92 Å². The van der Waals surface area contributed by atoms with Gasteiger partial charge in [0, 0.05) is 37.0 Å². The average molecular weight is 389 g/mol. The maximum absolute atomic E-state index is 6.72. The summed E-state index contributed by atoms with van der Waals surface area (Å²) in [6.45, 7) is 10.3. The van der Waals surface area contributed by atoms with Gasteiger partial charge in [0.15, 0.2) is 0 Å². The minimum Gasteiger partial charge on any atom is -0.352 e. The first-order valence-electron chi connectivity index (χ1n) is 10.1. The van der Waals surface area contributed by atoms with Gasteiger partial charge in [0.1, 0.15) is 16.5 Å². The summed E-state index contributed by atoms with van der Waals surface area (Å²) < 4.78 is 0. The second-order valence-electron chi connectivity index (χ2n) is 8.88. The van der Waals surface area contributed by atoms with Gasteiger partial charge in [-0.25, -0.2) is 10.0 Å². The molecule has 3 saturated heterocycles. The predicted octanol–water partition coefficient (Wildman–Crippen LogP) is 1.70. The number of hydrogen-bond donors (Lipinski definition) is 2. The SMILES string of the molecule is CCN1C(N2CCC(C)([NH3+])C2)SC2NC(C3CCCCC3Cl)C(C)N21. The summed E-state index contributed by atoms with van der Waals surface area (Å²) in [4.78, 5) is 2.63. The van der Waals surface area contributed by atoms with Crippen molar-refractivity contribution in [1.29, 1.82) is 0 Å². The van der Waals surface area contributed by atoms with E-state index in [9.17, 15) is 0 Å². The van der Waals surface area contributed by atoms with Gasteiger partial charge < -0.3 is 5.73 Å². The number of thioether (sulfide) groups is 1. The number of nitrogens with one attached hydrogen (secondary N) is 1. The van der Waals surface area contributed by atoms with Crippen LogP contribution in [0.2, 0.25) is 0 Å². The van der Waals surface area contributed by atoms with E-state index in [1.165, 1.54) is 38.6 Å². The minimum atomic E-state index is 0.211. The van der Waals surface area contributed by atoms with E-state index < -0.39 is 0 Å². The molecule has 0 amide bonds. The van der Waals surface area contributed by atoms with Gasteiger partial charge in [-0.1, -0.05) is 31.5 Å². The van der Waals surface area contributed by atoms with Crippen molar-refractivity contribution >= 4 is 23.4 Å². The van der Waals surface area contributed by atoms with Crippen LogP contribution in [0.3, 0.4) is 0 Å². The number of nitrogens with zero attached hydrogens (tertiary/aromatic N) is 3. The molecule has 7 atom stereocenters. The lowest BCUT2D eigenvalue weighted by Crippen LogP contribution is -2.72. The smallest absolute Gasteiger partial charge is 0.127 e. The third-order valence-electron chi connectivity index (χ3n) is 6.73. The second kappa shape index (κ2) is 7.12. The van der Waals surface area contributed by atoms with Crippen LogP contribution in [-0.2, 0) is 0 Å². The lowest BCUT2D eigenvalue weighted by atomic mass is 9.81. The summed E-state index contributed by atoms with van der Waals surface area (Å²) in [5, 5.41) is 9.52. The molecule has 0 bridgehead atoms. The molecule has 3 heterocycles. The molecule has 4 rings (SSSR count). The average Bonchev–Trinajstić information content (AvgIpc) is 3.20. The lowest BCUT2D eigenvalue weighted by molar-refractivity contribution is -0.466. The molecule has 7 unspecified atom stereocenters. The van der Waals surface area contributed by atoms with Gasteiger partial charge >= 0.3 is 0 Å². The fourth-order valence-electron chi connectivity index (χ4n) is 5.37.